The summed E-state index contributed by atoms with van der Waals surface area (Å²) >= 11 is 0. The highest BCUT2D eigenvalue weighted by atomic mass is 19.3. The Labute approximate surface area is 180 Å². The third-order valence-electron chi connectivity index (χ3n) is 4.40. The van der Waals surface area contributed by atoms with Crippen LogP contribution in [0.25, 0.3) is 10.8 Å². The minimum atomic E-state index is -1.87. The number of benzene rings is 3. The van der Waals surface area contributed by atoms with Crippen molar-refractivity contribution in [1.29, 1.82) is 0 Å². The van der Waals surface area contributed by atoms with Crippen LogP contribution in [0.2, 0.25) is 0 Å². The van der Waals surface area contributed by atoms with Crippen LogP contribution in [-0.2, 0) is 11.3 Å². The Morgan fingerprint density at radius 3 is 2.35 bits per heavy atom. The van der Waals surface area contributed by atoms with Gasteiger partial charge in [-0.05, 0) is 37.8 Å². The number of rotatable bonds is 6. The van der Waals surface area contributed by atoms with Crippen LogP contribution >= 0.6 is 0 Å². The molecule has 0 radical (unpaired) electrons. The summed E-state index contributed by atoms with van der Waals surface area (Å²) in [6.45, 7) is 5.18. The van der Waals surface area contributed by atoms with Gasteiger partial charge in [0.15, 0.2) is 0 Å². The highest BCUT2D eigenvalue weighted by Gasteiger charge is 2.24. The monoisotopic (exact) mass is 425 g/mol. The van der Waals surface area contributed by atoms with Gasteiger partial charge in [0, 0.05) is 17.5 Å². The lowest BCUT2D eigenvalue weighted by Crippen LogP contribution is -2.37. The number of fused-ring (bicyclic) bond motifs is 1. The molecule has 0 aliphatic rings. The summed E-state index contributed by atoms with van der Waals surface area (Å²) in [4.78, 5) is 14.0. The Morgan fingerprint density at radius 2 is 1.68 bits per heavy atom. The van der Waals surface area contributed by atoms with Gasteiger partial charge >= 0.3 is 6.09 Å². The first kappa shape index (κ1) is 22.3. The van der Waals surface area contributed by atoms with Gasteiger partial charge in [0.25, 0.3) is 6.08 Å². The van der Waals surface area contributed by atoms with Gasteiger partial charge in [-0.2, -0.15) is 8.78 Å². The number of carbonyl (C=O) groups excluding carboxylic acids is 1. The first-order chi connectivity index (χ1) is 14.7. The molecule has 3 rings (SSSR count). The molecule has 0 spiro atoms. The molecule has 0 bridgehead atoms. The van der Waals surface area contributed by atoms with Gasteiger partial charge in [0.1, 0.15) is 18.0 Å². The zero-order chi connectivity index (χ0) is 22.4. The SMILES string of the molecule is CC(C)(C)OC(=O)N(CC=C(F)F)c1cc(OCc2ccccc2)c2ccccc2c1. The van der Waals surface area contributed by atoms with Crippen molar-refractivity contribution < 1.29 is 23.0 Å². The number of amides is 1. The molecule has 1 amide bonds. The lowest BCUT2D eigenvalue weighted by Gasteiger charge is -2.27. The van der Waals surface area contributed by atoms with Crippen LogP contribution in [-0.4, -0.2) is 18.2 Å². The maximum Gasteiger partial charge on any atom is 0.415 e. The van der Waals surface area contributed by atoms with Crippen molar-refractivity contribution in [3.8, 4) is 5.75 Å². The average Bonchev–Trinajstić information content (AvgIpc) is 2.71. The molecular formula is C25H25F2NO3. The standard InChI is InChI=1S/C25H25F2NO3/c1-25(2,3)31-24(29)28(14-13-23(26)27)20-15-19-11-7-8-12-21(19)22(16-20)30-17-18-9-5-4-6-10-18/h4-13,15-16H,14,17H2,1-3H3. The van der Waals surface area contributed by atoms with Crippen molar-refractivity contribution in [3.63, 3.8) is 0 Å². The molecular weight excluding hydrogens is 400 g/mol. The highest BCUT2D eigenvalue weighted by Crippen LogP contribution is 2.33. The van der Waals surface area contributed by atoms with Crippen LogP contribution in [0.15, 0.2) is 78.9 Å². The molecule has 3 aromatic carbocycles. The van der Waals surface area contributed by atoms with E-state index in [0.717, 1.165) is 16.3 Å². The third kappa shape index (κ3) is 6.28. The van der Waals surface area contributed by atoms with Crippen molar-refractivity contribution in [2.45, 2.75) is 33.0 Å². The molecule has 0 saturated heterocycles. The van der Waals surface area contributed by atoms with E-state index in [-0.39, 0.29) is 6.54 Å². The quantitative estimate of drug-likeness (QED) is 0.429. The number of anilines is 1. The summed E-state index contributed by atoms with van der Waals surface area (Å²) in [7, 11) is 0. The van der Waals surface area contributed by atoms with E-state index in [2.05, 4.69) is 0 Å². The Hall–Kier alpha value is -3.41. The number of ether oxygens (including phenoxy) is 2. The number of hydrogen-bond acceptors (Lipinski definition) is 3. The molecule has 0 saturated carbocycles. The van der Waals surface area contributed by atoms with Crippen LogP contribution < -0.4 is 9.64 Å². The lowest BCUT2D eigenvalue weighted by atomic mass is 10.1. The van der Waals surface area contributed by atoms with Crippen LogP contribution in [0.1, 0.15) is 26.3 Å². The second-order valence-electron chi connectivity index (χ2n) is 8.02. The van der Waals surface area contributed by atoms with Crippen LogP contribution in [0, 0.1) is 0 Å². The first-order valence-electron chi connectivity index (χ1n) is 9.94. The van der Waals surface area contributed by atoms with Crippen molar-refractivity contribution in [2.24, 2.45) is 0 Å². The van der Waals surface area contributed by atoms with E-state index in [1.165, 1.54) is 4.90 Å². The van der Waals surface area contributed by atoms with E-state index in [4.69, 9.17) is 9.47 Å². The molecule has 162 valence electrons. The van der Waals surface area contributed by atoms with E-state index in [1.54, 1.807) is 32.9 Å². The maximum absolute atomic E-state index is 12.8. The van der Waals surface area contributed by atoms with Crippen LogP contribution in [0.3, 0.4) is 0 Å². The highest BCUT2D eigenvalue weighted by molar-refractivity contribution is 5.96. The zero-order valence-corrected chi connectivity index (χ0v) is 17.8. The maximum atomic E-state index is 12.8. The van der Waals surface area contributed by atoms with Crippen molar-refractivity contribution in [2.75, 3.05) is 11.4 Å². The van der Waals surface area contributed by atoms with Gasteiger partial charge in [-0.3, -0.25) is 4.90 Å². The van der Waals surface area contributed by atoms with Gasteiger partial charge in [0.05, 0.1) is 12.2 Å². The second-order valence-corrected chi connectivity index (χ2v) is 8.02. The molecule has 4 nitrogen and oxygen atoms in total. The predicted octanol–water partition coefficient (Wildman–Crippen LogP) is 6.94. The van der Waals surface area contributed by atoms with E-state index < -0.39 is 17.8 Å². The molecule has 6 heteroatoms. The van der Waals surface area contributed by atoms with E-state index >= 15 is 0 Å². The molecule has 0 aliphatic carbocycles. The van der Waals surface area contributed by atoms with E-state index in [9.17, 15) is 13.6 Å². The molecule has 3 aromatic rings. The smallest absolute Gasteiger partial charge is 0.415 e. The van der Waals surface area contributed by atoms with Crippen molar-refractivity contribution in [1.82, 2.24) is 0 Å². The average molecular weight is 425 g/mol. The minimum absolute atomic E-state index is 0.326. The molecule has 0 aromatic heterocycles. The molecule has 0 aliphatic heterocycles. The summed E-state index contributed by atoms with van der Waals surface area (Å²) in [5, 5.41) is 1.68. The zero-order valence-electron chi connectivity index (χ0n) is 17.8. The minimum Gasteiger partial charge on any atom is -0.488 e. The summed E-state index contributed by atoms with van der Waals surface area (Å²) < 4.78 is 37.1. The third-order valence-corrected chi connectivity index (χ3v) is 4.40. The number of carbonyl (C=O) groups is 1. The van der Waals surface area contributed by atoms with Crippen molar-refractivity contribution in [3.05, 3.63) is 84.5 Å². The van der Waals surface area contributed by atoms with Crippen LogP contribution in [0.4, 0.5) is 19.3 Å². The molecule has 0 atom stereocenters. The second kappa shape index (κ2) is 9.60. The van der Waals surface area contributed by atoms with Crippen LogP contribution in [0.5, 0.6) is 5.75 Å². The van der Waals surface area contributed by atoms with Gasteiger partial charge in [-0.15, -0.1) is 0 Å². The largest absolute Gasteiger partial charge is 0.488 e. The molecule has 0 N–H and O–H groups in total. The summed E-state index contributed by atoms with van der Waals surface area (Å²) in [6, 6.07) is 20.7. The molecule has 0 heterocycles. The van der Waals surface area contributed by atoms with Gasteiger partial charge < -0.3 is 9.47 Å². The Balaban J connectivity index is 2.00. The Morgan fingerprint density at radius 1 is 1.00 bits per heavy atom. The van der Waals surface area contributed by atoms with Gasteiger partial charge in [-0.25, -0.2) is 4.79 Å². The molecule has 31 heavy (non-hydrogen) atoms. The molecule has 0 unspecified atom stereocenters. The topological polar surface area (TPSA) is 38.8 Å². The van der Waals surface area contributed by atoms with E-state index in [0.29, 0.717) is 24.1 Å². The lowest BCUT2D eigenvalue weighted by molar-refractivity contribution is 0.0584. The fraction of sp³-hybridized carbons (Fsp3) is 0.240. The summed E-state index contributed by atoms with van der Waals surface area (Å²) in [5.74, 6) is 0.551. The molecule has 0 fully saturated rings. The number of halogens is 2. The summed E-state index contributed by atoms with van der Waals surface area (Å²) in [6.07, 6.45) is -1.90. The first-order valence-corrected chi connectivity index (χ1v) is 9.94. The number of hydrogen-bond donors (Lipinski definition) is 0. The van der Waals surface area contributed by atoms with Crippen molar-refractivity contribution >= 4 is 22.6 Å². The Kier molecular flexibility index (Phi) is 6.90. The van der Waals surface area contributed by atoms with E-state index in [1.807, 2.05) is 54.6 Å². The fourth-order valence-corrected chi connectivity index (χ4v) is 3.03. The van der Waals surface area contributed by atoms with Gasteiger partial charge in [0.2, 0.25) is 0 Å². The summed E-state index contributed by atoms with van der Waals surface area (Å²) in [5.41, 5.74) is 0.633. The Bertz CT molecular complexity index is 1070. The van der Waals surface area contributed by atoms with Gasteiger partial charge in [-0.1, -0.05) is 54.6 Å². The fourth-order valence-electron chi connectivity index (χ4n) is 3.03. The predicted molar refractivity (Wildman–Crippen MR) is 119 cm³/mol. The normalized spacial score (nSPS) is 11.1. The number of nitrogens with zero attached hydrogens (tertiary/aromatic N) is 1.